The smallest absolute Gasteiger partial charge is 0.246 e. The molecule has 0 saturated carbocycles. The number of carbonyl (C=O) groups is 4. The first-order valence-electron chi connectivity index (χ1n) is 12.9. The minimum atomic E-state index is -0.952. The summed E-state index contributed by atoms with van der Waals surface area (Å²) in [5.41, 5.74) is 13.0. The summed E-state index contributed by atoms with van der Waals surface area (Å²) in [5.74, 6) is -2.11. The Morgan fingerprint density at radius 1 is 0.923 bits per heavy atom. The third-order valence-corrected chi connectivity index (χ3v) is 6.26. The van der Waals surface area contributed by atoms with Crippen LogP contribution >= 0.6 is 0 Å². The largest absolute Gasteiger partial charge is 0.508 e. The monoisotopic (exact) mass is 541 g/mol. The molecular formula is C28H39N5O6. The second-order valence-electron chi connectivity index (χ2n) is 9.40. The second kappa shape index (κ2) is 16.1. The molecule has 4 atom stereocenters. The average molecular weight is 542 g/mol. The first kappa shape index (κ1) is 31.3. The third kappa shape index (κ3) is 11.1. The highest BCUT2D eigenvalue weighted by atomic mass is 16.5. The molecule has 0 aliphatic heterocycles. The number of hydrogen-bond donors (Lipinski definition) is 6. The number of nitrogens with two attached hydrogens (primary N) is 2. The minimum absolute atomic E-state index is 0.0540. The number of rotatable bonds is 16. The Labute approximate surface area is 228 Å². The molecule has 0 radical (unpaired) electrons. The van der Waals surface area contributed by atoms with E-state index in [-0.39, 0.29) is 43.8 Å². The molecule has 0 heterocycles. The number of aromatic hydroxyl groups is 1. The molecule has 2 rings (SSSR count). The summed E-state index contributed by atoms with van der Waals surface area (Å²) in [4.78, 5) is 49.7. The highest BCUT2D eigenvalue weighted by Gasteiger charge is 2.28. The molecule has 2 aromatic rings. The van der Waals surface area contributed by atoms with Gasteiger partial charge in [0.2, 0.25) is 23.6 Å². The van der Waals surface area contributed by atoms with Gasteiger partial charge in [-0.2, -0.15) is 0 Å². The second-order valence-corrected chi connectivity index (χ2v) is 9.40. The summed E-state index contributed by atoms with van der Waals surface area (Å²) in [7, 11) is 0. The molecule has 0 spiro atoms. The van der Waals surface area contributed by atoms with Crippen molar-refractivity contribution >= 4 is 23.6 Å². The molecule has 11 nitrogen and oxygen atoms in total. The lowest BCUT2D eigenvalue weighted by molar-refractivity contribution is -0.133. The molecule has 0 bridgehead atoms. The van der Waals surface area contributed by atoms with Crippen LogP contribution in [0.4, 0.5) is 0 Å². The van der Waals surface area contributed by atoms with Crippen molar-refractivity contribution in [3.63, 3.8) is 0 Å². The maximum Gasteiger partial charge on any atom is 0.246 e. The molecule has 2 aromatic carbocycles. The van der Waals surface area contributed by atoms with Crippen molar-refractivity contribution in [1.29, 1.82) is 0 Å². The SMILES string of the molecule is CCC(C)C(NC(=O)C(Cc1ccccc1)NC(=O)COCCNC(=O)C(N)Cc1ccc(O)cc1)C(N)=O. The number of phenols is 1. The predicted molar refractivity (Wildman–Crippen MR) is 146 cm³/mol. The van der Waals surface area contributed by atoms with Gasteiger partial charge in [0.1, 0.15) is 24.4 Å². The van der Waals surface area contributed by atoms with Crippen LogP contribution in [0.15, 0.2) is 54.6 Å². The van der Waals surface area contributed by atoms with Crippen LogP contribution in [0.25, 0.3) is 0 Å². The quantitative estimate of drug-likeness (QED) is 0.163. The van der Waals surface area contributed by atoms with E-state index < -0.39 is 35.8 Å². The molecule has 39 heavy (non-hydrogen) atoms. The number of phenolic OH excluding ortho intramolecular Hbond substituents is 1. The van der Waals surface area contributed by atoms with E-state index in [9.17, 15) is 24.3 Å². The van der Waals surface area contributed by atoms with Crippen molar-refractivity contribution in [3.05, 3.63) is 65.7 Å². The van der Waals surface area contributed by atoms with E-state index in [0.29, 0.717) is 12.8 Å². The molecule has 0 saturated heterocycles. The summed E-state index contributed by atoms with van der Waals surface area (Å²) in [6, 6.07) is 13.0. The molecule has 4 amide bonds. The molecule has 8 N–H and O–H groups in total. The number of carbonyl (C=O) groups excluding carboxylic acids is 4. The molecule has 0 aliphatic rings. The number of nitrogens with one attached hydrogen (secondary N) is 3. The third-order valence-electron chi connectivity index (χ3n) is 6.26. The van der Waals surface area contributed by atoms with Gasteiger partial charge in [-0.25, -0.2) is 0 Å². The van der Waals surface area contributed by atoms with Crippen molar-refractivity contribution in [2.24, 2.45) is 17.4 Å². The van der Waals surface area contributed by atoms with Gasteiger partial charge >= 0.3 is 0 Å². The van der Waals surface area contributed by atoms with E-state index in [1.807, 2.05) is 44.2 Å². The van der Waals surface area contributed by atoms with Gasteiger partial charge in [-0.1, -0.05) is 62.7 Å². The molecular weight excluding hydrogens is 502 g/mol. The van der Waals surface area contributed by atoms with Gasteiger partial charge in [0.15, 0.2) is 0 Å². The van der Waals surface area contributed by atoms with Crippen LogP contribution in [0.1, 0.15) is 31.4 Å². The Balaban J connectivity index is 1.83. The van der Waals surface area contributed by atoms with Crippen LogP contribution < -0.4 is 27.4 Å². The van der Waals surface area contributed by atoms with E-state index in [0.717, 1.165) is 11.1 Å². The Morgan fingerprint density at radius 3 is 2.18 bits per heavy atom. The van der Waals surface area contributed by atoms with Gasteiger partial charge in [-0.3, -0.25) is 19.2 Å². The normalized spacial score (nSPS) is 13.9. The van der Waals surface area contributed by atoms with Crippen LogP contribution in [0.2, 0.25) is 0 Å². The van der Waals surface area contributed by atoms with E-state index >= 15 is 0 Å². The van der Waals surface area contributed by atoms with Crippen LogP contribution in [0.3, 0.4) is 0 Å². The number of benzene rings is 2. The number of hydrogen-bond acceptors (Lipinski definition) is 7. The van der Waals surface area contributed by atoms with Crippen LogP contribution in [-0.4, -0.2) is 66.6 Å². The summed E-state index contributed by atoms with van der Waals surface area (Å²) < 4.78 is 5.36. The molecule has 0 aromatic heterocycles. The van der Waals surface area contributed by atoms with Crippen molar-refractivity contribution in [2.75, 3.05) is 19.8 Å². The summed E-state index contributed by atoms with van der Waals surface area (Å²) >= 11 is 0. The highest BCUT2D eigenvalue weighted by molar-refractivity contribution is 5.92. The topological polar surface area (TPSA) is 186 Å². The fraction of sp³-hybridized carbons (Fsp3) is 0.429. The maximum atomic E-state index is 13.0. The zero-order chi connectivity index (χ0) is 28.8. The molecule has 212 valence electrons. The first-order valence-corrected chi connectivity index (χ1v) is 12.9. The zero-order valence-electron chi connectivity index (χ0n) is 22.4. The minimum Gasteiger partial charge on any atom is -0.508 e. The fourth-order valence-electron chi connectivity index (χ4n) is 3.80. The number of primary amides is 1. The molecule has 11 heteroatoms. The summed E-state index contributed by atoms with van der Waals surface area (Å²) in [6.45, 7) is 3.56. The van der Waals surface area contributed by atoms with E-state index in [4.69, 9.17) is 16.2 Å². The zero-order valence-corrected chi connectivity index (χ0v) is 22.4. The number of amides is 4. The lowest BCUT2D eigenvalue weighted by Crippen LogP contribution is -2.55. The Hall–Kier alpha value is -3.96. The summed E-state index contributed by atoms with van der Waals surface area (Å²) in [6.07, 6.45) is 1.14. The van der Waals surface area contributed by atoms with E-state index in [1.54, 1.807) is 12.1 Å². The van der Waals surface area contributed by atoms with Crippen molar-refractivity contribution in [1.82, 2.24) is 16.0 Å². The van der Waals surface area contributed by atoms with Crippen molar-refractivity contribution in [3.8, 4) is 5.75 Å². The van der Waals surface area contributed by atoms with Crippen LogP contribution in [0, 0.1) is 5.92 Å². The van der Waals surface area contributed by atoms with Crippen LogP contribution in [-0.2, 0) is 36.8 Å². The molecule has 0 fully saturated rings. The van der Waals surface area contributed by atoms with Crippen molar-refractivity contribution in [2.45, 2.75) is 51.2 Å². The standard InChI is InChI=1S/C28H39N5O6/c1-3-18(2)25(26(30)36)33-28(38)23(16-19-7-5-4-6-8-19)32-24(35)17-39-14-13-31-27(37)22(29)15-20-9-11-21(34)12-10-20/h4-12,18,22-23,25,34H,3,13-17,29H2,1-2H3,(H2,30,36)(H,31,37)(H,32,35)(H,33,38). The van der Waals surface area contributed by atoms with Gasteiger partial charge in [-0.05, 0) is 35.6 Å². The number of ether oxygens (including phenoxy) is 1. The van der Waals surface area contributed by atoms with Gasteiger partial charge in [-0.15, -0.1) is 0 Å². The fourth-order valence-corrected chi connectivity index (χ4v) is 3.80. The first-order chi connectivity index (χ1) is 18.6. The highest BCUT2D eigenvalue weighted by Crippen LogP contribution is 2.11. The Morgan fingerprint density at radius 2 is 1.56 bits per heavy atom. The Kier molecular flexibility index (Phi) is 12.9. The van der Waals surface area contributed by atoms with Gasteiger partial charge in [0.05, 0.1) is 12.6 Å². The van der Waals surface area contributed by atoms with Gasteiger partial charge in [0, 0.05) is 13.0 Å². The van der Waals surface area contributed by atoms with E-state index in [2.05, 4.69) is 16.0 Å². The molecule has 4 unspecified atom stereocenters. The van der Waals surface area contributed by atoms with Gasteiger partial charge < -0.3 is 37.3 Å². The maximum absolute atomic E-state index is 13.0. The van der Waals surface area contributed by atoms with Gasteiger partial charge in [0.25, 0.3) is 0 Å². The average Bonchev–Trinajstić information content (AvgIpc) is 2.92. The van der Waals surface area contributed by atoms with E-state index in [1.165, 1.54) is 12.1 Å². The summed E-state index contributed by atoms with van der Waals surface area (Å²) in [5, 5.41) is 17.3. The Bertz CT molecular complexity index is 1080. The lowest BCUT2D eigenvalue weighted by atomic mass is 9.97. The lowest BCUT2D eigenvalue weighted by Gasteiger charge is -2.25. The predicted octanol–water partition coefficient (Wildman–Crippen LogP) is 0.139. The molecule has 0 aliphatic carbocycles. The van der Waals surface area contributed by atoms with Crippen molar-refractivity contribution < 1.29 is 29.0 Å². The van der Waals surface area contributed by atoms with Crippen LogP contribution in [0.5, 0.6) is 5.75 Å².